The second kappa shape index (κ2) is 4.88. The van der Waals surface area contributed by atoms with Crippen LogP contribution in [0.3, 0.4) is 0 Å². The number of benzene rings is 1. The van der Waals surface area contributed by atoms with Gasteiger partial charge >= 0.3 is 0 Å². The van der Waals surface area contributed by atoms with E-state index in [9.17, 15) is 9.18 Å². The van der Waals surface area contributed by atoms with Crippen LogP contribution in [0.2, 0.25) is 5.02 Å². The van der Waals surface area contributed by atoms with E-state index < -0.39 is 11.7 Å². The summed E-state index contributed by atoms with van der Waals surface area (Å²) in [4.78, 5) is 11.7. The average molecular weight is 256 g/mol. The van der Waals surface area contributed by atoms with Crippen LogP contribution in [0, 0.1) is 5.82 Å². The number of nitrogens with zero attached hydrogens (tertiary/aromatic N) is 3. The molecule has 1 amide bonds. The van der Waals surface area contributed by atoms with Gasteiger partial charge in [0.2, 0.25) is 0 Å². The fourth-order valence-corrected chi connectivity index (χ4v) is 1.47. The van der Waals surface area contributed by atoms with Crippen molar-refractivity contribution in [3.63, 3.8) is 0 Å². The molecule has 0 fully saturated rings. The first-order valence-electron chi connectivity index (χ1n) is 4.63. The molecule has 0 atom stereocenters. The highest BCUT2D eigenvalue weighted by Gasteiger charge is 2.15. The normalized spacial score (nSPS) is 10.2. The van der Waals surface area contributed by atoms with Gasteiger partial charge in [0.15, 0.2) is 5.82 Å². The van der Waals surface area contributed by atoms with Crippen molar-refractivity contribution in [2.45, 2.75) is 6.54 Å². The summed E-state index contributed by atoms with van der Waals surface area (Å²) >= 11 is 5.73. The van der Waals surface area contributed by atoms with Gasteiger partial charge in [-0.2, -0.15) is 5.21 Å². The molecule has 0 aliphatic heterocycles. The number of nitrogens with one attached hydrogen (secondary N) is 2. The Labute approximate surface area is 100 Å². The predicted molar refractivity (Wildman–Crippen MR) is 56.8 cm³/mol. The quantitative estimate of drug-likeness (QED) is 0.854. The van der Waals surface area contributed by atoms with Gasteiger partial charge in [-0.25, -0.2) is 4.39 Å². The molecule has 1 heterocycles. The number of carbonyl (C=O) groups is 1. The van der Waals surface area contributed by atoms with Gasteiger partial charge in [0, 0.05) is 0 Å². The smallest absolute Gasteiger partial charge is 0.256 e. The van der Waals surface area contributed by atoms with Crippen molar-refractivity contribution in [3.8, 4) is 0 Å². The summed E-state index contributed by atoms with van der Waals surface area (Å²) in [6.07, 6.45) is 0. The van der Waals surface area contributed by atoms with Crippen LogP contribution in [0.25, 0.3) is 0 Å². The molecule has 0 radical (unpaired) electrons. The maximum Gasteiger partial charge on any atom is 0.256 e. The monoisotopic (exact) mass is 255 g/mol. The Morgan fingerprint density at radius 2 is 2.35 bits per heavy atom. The zero-order chi connectivity index (χ0) is 12.3. The van der Waals surface area contributed by atoms with Crippen LogP contribution in [0.1, 0.15) is 16.2 Å². The van der Waals surface area contributed by atoms with Crippen molar-refractivity contribution in [2.75, 3.05) is 0 Å². The molecule has 0 bridgehead atoms. The lowest BCUT2D eigenvalue weighted by Gasteiger charge is -2.05. The van der Waals surface area contributed by atoms with E-state index in [1.807, 2.05) is 0 Å². The van der Waals surface area contributed by atoms with E-state index in [1.165, 1.54) is 12.1 Å². The first-order chi connectivity index (χ1) is 8.18. The van der Waals surface area contributed by atoms with Gasteiger partial charge in [-0.1, -0.05) is 22.9 Å². The third-order valence-electron chi connectivity index (χ3n) is 1.99. The number of aromatic amines is 1. The SMILES string of the molecule is O=C(NCc1nn[nH]n1)c1c(F)cccc1Cl. The van der Waals surface area contributed by atoms with Crippen molar-refractivity contribution in [1.82, 2.24) is 25.9 Å². The van der Waals surface area contributed by atoms with Crippen LogP contribution in [-0.4, -0.2) is 26.5 Å². The molecule has 0 aliphatic rings. The minimum absolute atomic E-state index is 0.0417. The average Bonchev–Trinajstić information content (AvgIpc) is 2.79. The molecule has 0 saturated heterocycles. The number of halogens is 2. The number of tetrazole rings is 1. The van der Waals surface area contributed by atoms with Gasteiger partial charge < -0.3 is 5.32 Å². The Kier molecular flexibility index (Phi) is 3.29. The van der Waals surface area contributed by atoms with Crippen molar-refractivity contribution in [3.05, 3.63) is 40.4 Å². The molecule has 0 aliphatic carbocycles. The number of hydrogen-bond donors (Lipinski definition) is 2. The largest absolute Gasteiger partial charge is 0.344 e. The van der Waals surface area contributed by atoms with Crippen LogP contribution < -0.4 is 5.32 Å². The van der Waals surface area contributed by atoms with E-state index in [0.717, 1.165) is 6.07 Å². The minimum atomic E-state index is -0.678. The molecule has 0 unspecified atom stereocenters. The van der Waals surface area contributed by atoms with Crippen molar-refractivity contribution in [2.24, 2.45) is 0 Å². The molecule has 2 rings (SSSR count). The van der Waals surface area contributed by atoms with Crippen molar-refractivity contribution in [1.29, 1.82) is 0 Å². The number of carbonyl (C=O) groups excluding carboxylic acids is 1. The molecular formula is C9H7ClFN5O. The Morgan fingerprint density at radius 1 is 1.53 bits per heavy atom. The van der Waals surface area contributed by atoms with Gasteiger partial charge in [0.05, 0.1) is 17.1 Å². The second-order valence-corrected chi connectivity index (χ2v) is 3.51. The Morgan fingerprint density at radius 3 is 3.00 bits per heavy atom. The molecular weight excluding hydrogens is 249 g/mol. The fraction of sp³-hybridized carbons (Fsp3) is 0.111. The summed E-state index contributed by atoms with van der Waals surface area (Å²) in [5, 5.41) is 15.3. The lowest BCUT2D eigenvalue weighted by atomic mass is 10.2. The first kappa shape index (κ1) is 11.5. The van der Waals surface area contributed by atoms with Crippen LogP contribution in [-0.2, 0) is 6.54 Å². The molecule has 0 saturated carbocycles. The number of aromatic nitrogens is 4. The maximum absolute atomic E-state index is 13.4. The number of rotatable bonds is 3. The van der Waals surface area contributed by atoms with Crippen molar-refractivity contribution >= 4 is 17.5 Å². The van der Waals surface area contributed by atoms with E-state index in [2.05, 4.69) is 25.9 Å². The van der Waals surface area contributed by atoms with Gasteiger partial charge in [-0.3, -0.25) is 4.79 Å². The van der Waals surface area contributed by atoms with Crippen LogP contribution in [0.15, 0.2) is 18.2 Å². The predicted octanol–water partition coefficient (Wildman–Crippen LogP) is 0.922. The van der Waals surface area contributed by atoms with Gasteiger partial charge in [-0.15, -0.1) is 10.2 Å². The van der Waals surface area contributed by atoms with Gasteiger partial charge in [-0.05, 0) is 12.1 Å². The van der Waals surface area contributed by atoms with E-state index in [-0.39, 0.29) is 17.1 Å². The summed E-state index contributed by atoms with van der Waals surface area (Å²) in [5.74, 6) is -1.01. The van der Waals surface area contributed by atoms with E-state index in [0.29, 0.717) is 5.82 Å². The fourth-order valence-electron chi connectivity index (χ4n) is 1.22. The number of hydrogen-bond acceptors (Lipinski definition) is 4. The molecule has 8 heteroatoms. The third kappa shape index (κ3) is 2.56. The highest BCUT2D eigenvalue weighted by atomic mass is 35.5. The highest BCUT2D eigenvalue weighted by Crippen LogP contribution is 2.18. The highest BCUT2D eigenvalue weighted by molar-refractivity contribution is 6.33. The Hall–Kier alpha value is -2.02. The van der Waals surface area contributed by atoms with E-state index in [4.69, 9.17) is 11.6 Å². The molecule has 1 aromatic heterocycles. The second-order valence-electron chi connectivity index (χ2n) is 3.11. The van der Waals surface area contributed by atoms with Crippen molar-refractivity contribution < 1.29 is 9.18 Å². The lowest BCUT2D eigenvalue weighted by Crippen LogP contribution is -2.24. The summed E-state index contributed by atoms with van der Waals surface area (Å²) in [6.45, 7) is 0.0417. The van der Waals surface area contributed by atoms with E-state index >= 15 is 0 Å². The molecule has 2 aromatic rings. The molecule has 2 N–H and O–H groups in total. The van der Waals surface area contributed by atoms with Crippen LogP contribution >= 0.6 is 11.6 Å². The molecule has 17 heavy (non-hydrogen) atoms. The molecule has 1 aromatic carbocycles. The minimum Gasteiger partial charge on any atom is -0.344 e. The zero-order valence-corrected chi connectivity index (χ0v) is 9.20. The van der Waals surface area contributed by atoms with Gasteiger partial charge in [0.25, 0.3) is 5.91 Å². The third-order valence-corrected chi connectivity index (χ3v) is 2.30. The number of H-pyrrole nitrogens is 1. The Bertz CT molecular complexity index is 510. The van der Waals surface area contributed by atoms with Crippen LogP contribution in [0.4, 0.5) is 4.39 Å². The summed E-state index contributed by atoms with van der Waals surface area (Å²) < 4.78 is 13.4. The molecule has 0 spiro atoms. The molecule has 6 nitrogen and oxygen atoms in total. The van der Waals surface area contributed by atoms with E-state index in [1.54, 1.807) is 0 Å². The maximum atomic E-state index is 13.4. The van der Waals surface area contributed by atoms with Crippen LogP contribution in [0.5, 0.6) is 0 Å². The van der Waals surface area contributed by atoms with Gasteiger partial charge in [0.1, 0.15) is 5.82 Å². The standard InChI is InChI=1S/C9H7ClFN5O/c10-5-2-1-3-6(11)8(5)9(17)12-4-7-13-15-16-14-7/h1-3H,4H2,(H,12,17)(H,13,14,15,16). The lowest BCUT2D eigenvalue weighted by molar-refractivity contribution is 0.0946. The number of amides is 1. The summed E-state index contributed by atoms with van der Waals surface area (Å²) in [7, 11) is 0. The summed E-state index contributed by atoms with van der Waals surface area (Å²) in [5.41, 5.74) is -0.197. The Balaban J connectivity index is 2.10. The summed E-state index contributed by atoms with van der Waals surface area (Å²) in [6, 6.07) is 4.02. The zero-order valence-electron chi connectivity index (χ0n) is 8.44. The topological polar surface area (TPSA) is 83.6 Å². The molecule has 88 valence electrons. The first-order valence-corrected chi connectivity index (χ1v) is 5.01.